The van der Waals surface area contributed by atoms with Crippen LogP contribution >= 0.6 is 0 Å². The number of nitrogens with zero attached hydrogens (tertiary/aromatic N) is 2. The number of pyridine rings is 1. The lowest BCUT2D eigenvalue weighted by atomic mass is 9.97. The maximum atomic E-state index is 12.3. The van der Waals surface area contributed by atoms with E-state index in [1.807, 2.05) is 13.8 Å². The molecule has 0 spiro atoms. The minimum Gasteiger partial charge on any atom is -0.475 e. The van der Waals surface area contributed by atoms with Gasteiger partial charge in [0.25, 0.3) is 0 Å². The van der Waals surface area contributed by atoms with E-state index in [4.69, 9.17) is 4.74 Å². The van der Waals surface area contributed by atoms with Crippen molar-refractivity contribution >= 4 is 21.6 Å². The van der Waals surface area contributed by atoms with E-state index in [2.05, 4.69) is 10.3 Å². The fourth-order valence-corrected chi connectivity index (χ4v) is 3.72. The number of hydrogen-bond acceptors (Lipinski definition) is 5. The number of piperidine rings is 1. The van der Waals surface area contributed by atoms with Crippen molar-refractivity contribution in [2.24, 2.45) is 5.92 Å². The number of carbonyl (C=O) groups excluding carboxylic acids is 1. The Hall–Kier alpha value is -1.67. The second-order valence-corrected chi connectivity index (χ2v) is 8.37. The molecule has 2 heterocycles. The first kappa shape index (κ1) is 18.7. The number of anilines is 1. The van der Waals surface area contributed by atoms with Gasteiger partial charge in [0.1, 0.15) is 0 Å². The Kier molecular flexibility index (Phi) is 6.17. The smallest absolute Gasteiger partial charge is 0.227 e. The minimum atomic E-state index is -3.17. The molecule has 1 aromatic heterocycles. The SMILES string of the molecule is CCS(=O)(=O)N1CCC(C(=O)Nc2ccc(OC(C)C)nc2)CC1. The summed E-state index contributed by atoms with van der Waals surface area (Å²) < 4.78 is 30.6. The second-order valence-electron chi connectivity index (χ2n) is 6.11. The summed E-state index contributed by atoms with van der Waals surface area (Å²) >= 11 is 0. The number of amides is 1. The number of ether oxygens (including phenoxy) is 1. The average molecular weight is 355 g/mol. The maximum absolute atomic E-state index is 12.3. The number of nitrogens with one attached hydrogen (secondary N) is 1. The van der Waals surface area contributed by atoms with Gasteiger partial charge in [-0.25, -0.2) is 17.7 Å². The van der Waals surface area contributed by atoms with Crippen LogP contribution in [-0.4, -0.2) is 48.6 Å². The molecule has 0 atom stereocenters. The summed E-state index contributed by atoms with van der Waals surface area (Å²) in [6, 6.07) is 3.46. The Morgan fingerprint density at radius 3 is 2.54 bits per heavy atom. The van der Waals surface area contributed by atoms with Crippen molar-refractivity contribution < 1.29 is 17.9 Å². The molecule has 1 aromatic rings. The van der Waals surface area contributed by atoms with E-state index >= 15 is 0 Å². The predicted molar refractivity (Wildman–Crippen MR) is 92.4 cm³/mol. The third kappa shape index (κ3) is 4.91. The maximum Gasteiger partial charge on any atom is 0.227 e. The van der Waals surface area contributed by atoms with Crippen molar-refractivity contribution in [1.82, 2.24) is 9.29 Å². The molecular formula is C16H25N3O4S. The van der Waals surface area contributed by atoms with Crippen molar-refractivity contribution in [2.75, 3.05) is 24.2 Å². The fraction of sp³-hybridized carbons (Fsp3) is 0.625. The highest BCUT2D eigenvalue weighted by atomic mass is 32.2. The molecule has 1 fully saturated rings. The molecule has 0 unspecified atom stereocenters. The Morgan fingerprint density at radius 2 is 2.04 bits per heavy atom. The van der Waals surface area contributed by atoms with Crippen LogP contribution in [0.2, 0.25) is 0 Å². The zero-order chi connectivity index (χ0) is 17.7. The molecule has 1 aliphatic heterocycles. The number of carbonyl (C=O) groups is 1. The monoisotopic (exact) mass is 355 g/mol. The van der Waals surface area contributed by atoms with Gasteiger partial charge in [-0.15, -0.1) is 0 Å². The van der Waals surface area contributed by atoms with Crippen molar-refractivity contribution in [3.63, 3.8) is 0 Å². The second kappa shape index (κ2) is 7.94. The van der Waals surface area contributed by atoms with Crippen molar-refractivity contribution in [3.8, 4) is 5.88 Å². The standard InChI is InChI=1S/C16H25N3O4S/c1-4-24(21,22)19-9-7-13(8-10-19)16(20)18-14-5-6-15(17-11-14)23-12(2)3/h5-6,11-13H,4,7-10H2,1-3H3,(H,18,20). The van der Waals surface area contributed by atoms with Crippen LogP contribution in [0.4, 0.5) is 5.69 Å². The van der Waals surface area contributed by atoms with Gasteiger partial charge in [0.15, 0.2) is 0 Å². The molecule has 1 aliphatic rings. The molecule has 0 aromatic carbocycles. The van der Waals surface area contributed by atoms with Gasteiger partial charge in [-0.2, -0.15) is 0 Å². The highest BCUT2D eigenvalue weighted by molar-refractivity contribution is 7.89. The van der Waals surface area contributed by atoms with Gasteiger partial charge in [0, 0.05) is 25.1 Å². The third-order valence-electron chi connectivity index (χ3n) is 3.94. The molecule has 2 rings (SSSR count). The lowest BCUT2D eigenvalue weighted by Gasteiger charge is -2.30. The Morgan fingerprint density at radius 1 is 1.38 bits per heavy atom. The molecule has 8 heteroatoms. The molecule has 7 nitrogen and oxygen atoms in total. The molecule has 1 saturated heterocycles. The number of hydrogen-bond donors (Lipinski definition) is 1. The van der Waals surface area contributed by atoms with Crippen molar-refractivity contribution in [3.05, 3.63) is 18.3 Å². The van der Waals surface area contributed by atoms with E-state index in [0.29, 0.717) is 37.5 Å². The van der Waals surface area contributed by atoms with Gasteiger partial charge in [0.05, 0.1) is 23.7 Å². The molecule has 0 aliphatic carbocycles. The van der Waals surface area contributed by atoms with Crippen molar-refractivity contribution in [1.29, 1.82) is 0 Å². The molecule has 0 saturated carbocycles. The van der Waals surface area contributed by atoms with Gasteiger partial charge < -0.3 is 10.1 Å². The topological polar surface area (TPSA) is 88.6 Å². The number of aromatic nitrogens is 1. The molecule has 1 amide bonds. The Labute approximate surface area is 143 Å². The molecule has 1 N–H and O–H groups in total. The number of sulfonamides is 1. The van der Waals surface area contributed by atoms with Gasteiger partial charge in [-0.05, 0) is 39.7 Å². The average Bonchev–Trinajstić information content (AvgIpc) is 2.56. The van der Waals surface area contributed by atoms with Crippen LogP contribution in [0.3, 0.4) is 0 Å². The highest BCUT2D eigenvalue weighted by Crippen LogP contribution is 2.22. The van der Waals surface area contributed by atoms with Crippen LogP contribution in [-0.2, 0) is 14.8 Å². The van der Waals surface area contributed by atoms with Crippen LogP contribution in [0.1, 0.15) is 33.6 Å². The first-order valence-electron chi connectivity index (χ1n) is 8.23. The van der Waals surface area contributed by atoms with Crippen LogP contribution < -0.4 is 10.1 Å². The summed E-state index contributed by atoms with van der Waals surface area (Å²) in [6.07, 6.45) is 2.68. The minimum absolute atomic E-state index is 0.0440. The molecular weight excluding hydrogens is 330 g/mol. The quantitative estimate of drug-likeness (QED) is 0.841. The predicted octanol–water partition coefficient (Wildman–Crippen LogP) is 1.87. The fourth-order valence-electron chi connectivity index (χ4n) is 2.59. The van der Waals surface area contributed by atoms with E-state index in [-0.39, 0.29) is 23.7 Å². The van der Waals surface area contributed by atoms with E-state index in [0.717, 1.165) is 0 Å². The van der Waals surface area contributed by atoms with Gasteiger partial charge in [0.2, 0.25) is 21.8 Å². The van der Waals surface area contributed by atoms with Crippen LogP contribution in [0, 0.1) is 5.92 Å². The zero-order valence-corrected chi connectivity index (χ0v) is 15.2. The van der Waals surface area contributed by atoms with Crippen LogP contribution in [0.25, 0.3) is 0 Å². The first-order valence-corrected chi connectivity index (χ1v) is 9.84. The molecule has 24 heavy (non-hydrogen) atoms. The van der Waals surface area contributed by atoms with Gasteiger partial charge in [-0.3, -0.25) is 4.79 Å². The van der Waals surface area contributed by atoms with E-state index < -0.39 is 10.0 Å². The first-order chi connectivity index (χ1) is 11.3. The van der Waals surface area contributed by atoms with E-state index in [9.17, 15) is 13.2 Å². The molecule has 0 bridgehead atoms. The van der Waals surface area contributed by atoms with Crippen molar-refractivity contribution in [2.45, 2.75) is 39.7 Å². The summed E-state index contributed by atoms with van der Waals surface area (Å²) in [5, 5.41) is 2.83. The number of rotatable bonds is 6. The Balaban J connectivity index is 1.87. The summed E-state index contributed by atoms with van der Waals surface area (Å²) in [4.78, 5) is 16.5. The summed E-state index contributed by atoms with van der Waals surface area (Å²) in [5.74, 6) is 0.337. The van der Waals surface area contributed by atoms with Gasteiger partial charge >= 0.3 is 0 Å². The van der Waals surface area contributed by atoms with Crippen LogP contribution in [0.5, 0.6) is 5.88 Å². The summed E-state index contributed by atoms with van der Waals surface area (Å²) in [6.45, 7) is 6.26. The molecule has 0 radical (unpaired) electrons. The summed E-state index contributed by atoms with van der Waals surface area (Å²) in [7, 11) is -3.17. The highest BCUT2D eigenvalue weighted by Gasteiger charge is 2.30. The van der Waals surface area contributed by atoms with E-state index in [1.165, 1.54) is 4.31 Å². The third-order valence-corrected chi connectivity index (χ3v) is 5.82. The normalized spacial score (nSPS) is 17.0. The summed E-state index contributed by atoms with van der Waals surface area (Å²) in [5.41, 5.74) is 0.611. The van der Waals surface area contributed by atoms with Crippen LogP contribution in [0.15, 0.2) is 18.3 Å². The lowest BCUT2D eigenvalue weighted by Crippen LogP contribution is -2.42. The zero-order valence-electron chi connectivity index (χ0n) is 14.4. The van der Waals surface area contributed by atoms with E-state index in [1.54, 1.807) is 25.3 Å². The largest absolute Gasteiger partial charge is 0.475 e. The lowest BCUT2D eigenvalue weighted by molar-refractivity contribution is -0.120. The molecule has 134 valence electrons. The Bertz CT molecular complexity index is 650. The van der Waals surface area contributed by atoms with Gasteiger partial charge in [-0.1, -0.05) is 0 Å².